The van der Waals surface area contributed by atoms with Crippen molar-refractivity contribution in [3.8, 4) is 11.1 Å². The molecule has 3 aromatic rings. The lowest BCUT2D eigenvalue weighted by Crippen LogP contribution is -2.25. The summed E-state index contributed by atoms with van der Waals surface area (Å²) in [7, 11) is 0. The van der Waals surface area contributed by atoms with Gasteiger partial charge in [-0.05, 0) is 72.5 Å². The summed E-state index contributed by atoms with van der Waals surface area (Å²) in [5, 5.41) is 8.28. The molecule has 3 rings (SSSR count). The van der Waals surface area contributed by atoms with Crippen molar-refractivity contribution in [3.63, 3.8) is 0 Å². The first kappa shape index (κ1) is 34.0. The number of nitrogens with zero attached hydrogens (tertiary/aromatic N) is 3. The van der Waals surface area contributed by atoms with Crippen molar-refractivity contribution in [3.05, 3.63) is 78.4 Å². The minimum absolute atomic E-state index is 0.366. The van der Waals surface area contributed by atoms with Crippen molar-refractivity contribution in [2.24, 2.45) is 10.2 Å². The van der Waals surface area contributed by atoms with E-state index < -0.39 is 17.5 Å². The summed E-state index contributed by atoms with van der Waals surface area (Å²) in [6.45, 7) is 6.71. The lowest BCUT2D eigenvalue weighted by atomic mass is 10.0. The molecule has 0 atom stereocenters. The van der Waals surface area contributed by atoms with Crippen LogP contribution >= 0.6 is 0 Å². The normalized spacial score (nSPS) is 11.7. The molecule has 0 radical (unpaired) electrons. The summed E-state index contributed by atoms with van der Waals surface area (Å²) in [6, 6.07) is 21.4. The number of halogens is 3. The van der Waals surface area contributed by atoms with Crippen molar-refractivity contribution < 1.29 is 18.0 Å². The monoisotopic (exact) mass is 593 g/mol. The molecule has 0 bridgehead atoms. The molecule has 43 heavy (non-hydrogen) atoms. The SMILES string of the molecule is CCCCCCCCN(CCCCCCCC)c1ccc(-c2ccc(/N=N/c3ccc(C(=O)C(F)(F)F)cc3)cc2)cc1. The zero-order chi connectivity index (χ0) is 30.9. The molecular weight excluding hydrogens is 547 g/mol. The number of azo groups is 1. The third kappa shape index (κ3) is 12.0. The Hall–Kier alpha value is -3.48. The minimum atomic E-state index is -4.90. The fourth-order valence-electron chi connectivity index (χ4n) is 5.08. The number of alkyl halides is 3. The molecule has 0 aliphatic carbocycles. The molecule has 0 N–H and O–H groups in total. The van der Waals surface area contributed by atoms with Crippen LogP contribution in [0.5, 0.6) is 0 Å². The van der Waals surface area contributed by atoms with Gasteiger partial charge in [0.2, 0.25) is 0 Å². The van der Waals surface area contributed by atoms with Crippen molar-refractivity contribution in [2.75, 3.05) is 18.0 Å². The van der Waals surface area contributed by atoms with E-state index in [9.17, 15) is 18.0 Å². The van der Waals surface area contributed by atoms with E-state index in [1.807, 2.05) is 24.3 Å². The van der Waals surface area contributed by atoms with E-state index in [2.05, 4.69) is 53.2 Å². The molecule has 3 aromatic carbocycles. The quantitative estimate of drug-likeness (QED) is 0.0788. The summed E-state index contributed by atoms with van der Waals surface area (Å²) in [4.78, 5) is 13.9. The van der Waals surface area contributed by atoms with Crippen LogP contribution in [0.25, 0.3) is 11.1 Å². The van der Waals surface area contributed by atoms with Gasteiger partial charge in [0.1, 0.15) is 0 Å². The maximum Gasteiger partial charge on any atom is 0.454 e. The van der Waals surface area contributed by atoms with Crippen molar-refractivity contribution in [1.82, 2.24) is 0 Å². The number of ketones is 1. The van der Waals surface area contributed by atoms with Crippen LogP contribution in [0, 0.1) is 0 Å². The van der Waals surface area contributed by atoms with Crippen molar-refractivity contribution in [1.29, 1.82) is 0 Å². The van der Waals surface area contributed by atoms with Gasteiger partial charge in [0, 0.05) is 24.3 Å². The number of hydrogen-bond acceptors (Lipinski definition) is 4. The van der Waals surface area contributed by atoms with Gasteiger partial charge in [-0.3, -0.25) is 4.79 Å². The molecule has 0 saturated heterocycles. The topological polar surface area (TPSA) is 45.0 Å². The highest BCUT2D eigenvalue weighted by Gasteiger charge is 2.39. The number of Topliss-reactive ketones (excluding diaryl/α,β-unsaturated/α-hetero) is 1. The third-order valence-electron chi connectivity index (χ3n) is 7.66. The molecule has 0 amide bonds. The first-order valence-electron chi connectivity index (χ1n) is 15.9. The molecule has 0 fully saturated rings. The second kappa shape index (κ2) is 18.2. The molecule has 0 aromatic heterocycles. The molecular formula is C36H46F3N3O. The van der Waals surface area contributed by atoms with Crippen LogP contribution in [-0.2, 0) is 0 Å². The Morgan fingerprint density at radius 2 is 0.977 bits per heavy atom. The highest BCUT2D eigenvalue weighted by Crippen LogP contribution is 2.28. The predicted molar refractivity (Wildman–Crippen MR) is 172 cm³/mol. The van der Waals surface area contributed by atoms with E-state index in [4.69, 9.17) is 0 Å². The van der Waals surface area contributed by atoms with E-state index in [-0.39, 0.29) is 0 Å². The number of hydrogen-bond donors (Lipinski definition) is 0. The maximum absolute atomic E-state index is 12.6. The Morgan fingerprint density at radius 3 is 1.42 bits per heavy atom. The standard InChI is InChI=1S/C36H46F3N3O/c1-3-5-7-9-11-13-27-42(28-14-12-10-8-6-4-2)34-25-19-30(20-26-34)29-15-21-32(22-16-29)40-41-33-23-17-31(18-24-33)35(43)36(37,38)39/h15-26H,3-14,27-28H2,1-2H3/b41-40+. The average Bonchev–Trinajstić information content (AvgIpc) is 3.02. The number of benzene rings is 3. The van der Waals surface area contributed by atoms with Gasteiger partial charge in [-0.2, -0.15) is 23.4 Å². The van der Waals surface area contributed by atoms with Gasteiger partial charge in [0.15, 0.2) is 0 Å². The molecule has 232 valence electrons. The third-order valence-corrected chi connectivity index (χ3v) is 7.66. The molecule has 0 aliphatic heterocycles. The summed E-state index contributed by atoms with van der Waals surface area (Å²) < 4.78 is 37.8. The van der Waals surface area contributed by atoms with Gasteiger partial charge in [-0.1, -0.05) is 102 Å². The van der Waals surface area contributed by atoms with Crippen LogP contribution in [0.1, 0.15) is 101 Å². The summed E-state index contributed by atoms with van der Waals surface area (Å²) in [5.74, 6) is -1.87. The largest absolute Gasteiger partial charge is 0.454 e. The maximum atomic E-state index is 12.6. The smallest absolute Gasteiger partial charge is 0.372 e. The summed E-state index contributed by atoms with van der Waals surface area (Å²) in [6.07, 6.45) is 10.7. The second-order valence-electron chi connectivity index (χ2n) is 11.2. The first-order valence-corrected chi connectivity index (χ1v) is 15.9. The van der Waals surface area contributed by atoms with Crippen LogP contribution in [-0.4, -0.2) is 25.0 Å². The molecule has 0 aliphatic rings. The van der Waals surface area contributed by atoms with Gasteiger partial charge in [-0.25, -0.2) is 0 Å². The van der Waals surface area contributed by atoms with E-state index in [1.165, 1.54) is 94.9 Å². The van der Waals surface area contributed by atoms with Gasteiger partial charge < -0.3 is 4.90 Å². The zero-order valence-corrected chi connectivity index (χ0v) is 25.7. The van der Waals surface area contributed by atoms with Crippen molar-refractivity contribution >= 4 is 22.8 Å². The summed E-state index contributed by atoms with van der Waals surface area (Å²) >= 11 is 0. The number of carbonyl (C=O) groups is 1. The van der Waals surface area contributed by atoms with Crippen molar-refractivity contribution in [2.45, 2.75) is 97.1 Å². The molecule has 0 spiro atoms. The van der Waals surface area contributed by atoms with Gasteiger partial charge in [-0.15, -0.1) is 0 Å². The molecule has 0 saturated carbocycles. The molecule has 4 nitrogen and oxygen atoms in total. The minimum Gasteiger partial charge on any atom is -0.372 e. The molecule has 0 unspecified atom stereocenters. The molecule has 7 heteroatoms. The molecule has 0 heterocycles. The second-order valence-corrected chi connectivity index (χ2v) is 11.2. The Kier molecular flexibility index (Phi) is 14.4. The number of rotatable bonds is 19. The van der Waals surface area contributed by atoms with Crippen LogP contribution in [0.4, 0.5) is 30.2 Å². The van der Waals surface area contributed by atoms with Gasteiger partial charge in [0.25, 0.3) is 5.78 Å². The predicted octanol–water partition coefficient (Wildman–Crippen LogP) is 12.0. The first-order chi connectivity index (χ1) is 20.8. The highest BCUT2D eigenvalue weighted by atomic mass is 19.4. The van der Waals surface area contributed by atoms with Gasteiger partial charge in [0.05, 0.1) is 11.4 Å². The van der Waals surface area contributed by atoms with Gasteiger partial charge >= 0.3 is 6.18 Å². The fourth-order valence-corrected chi connectivity index (χ4v) is 5.08. The number of unbranched alkanes of at least 4 members (excludes halogenated alkanes) is 10. The lowest BCUT2D eigenvalue weighted by molar-refractivity contribution is -0.0885. The highest BCUT2D eigenvalue weighted by molar-refractivity contribution is 6.00. The fraction of sp³-hybridized carbons (Fsp3) is 0.472. The Morgan fingerprint density at radius 1 is 0.581 bits per heavy atom. The number of carbonyl (C=O) groups excluding carboxylic acids is 1. The van der Waals surface area contributed by atoms with E-state index in [0.29, 0.717) is 11.4 Å². The van der Waals surface area contributed by atoms with E-state index >= 15 is 0 Å². The van der Waals surface area contributed by atoms with E-state index in [0.717, 1.165) is 36.3 Å². The lowest BCUT2D eigenvalue weighted by Gasteiger charge is -2.25. The van der Waals surface area contributed by atoms with Crippen LogP contribution in [0.15, 0.2) is 83.0 Å². The van der Waals surface area contributed by atoms with Crippen LogP contribution in [0.2, 0.25) is 0 Å². The van der Waals surface area contributed by atoms with Crippen LogP contribution in [0.3, 0.4) is 0 Å². The Bertz CT molecular complexity index is 1220. The average molecular weight is 594 g/mol. The Labute approximate surface area is 255 Å². The number of anilines is 1. The zero-order valence-electron chi connectivity index (χ0n) is 25.7. The van der Waals surface area contributed by atoms with E-state index in [1.54, 1.807) is 0 Å². The Balaban J connectivity index is 1.58. The van der Waals surface area contributed by atoms with Crippen LogP contribution < -0.4 is 4.90 Å². The summed E-state index contributed by atoms with van der Waals surface area (Å²) in [5.41, 5.74) is 4.04.